The van der Waals surface area contributed by atoms with Gasteiger partial charge in [-0.15, -0.1) is 16.8 Å². The Morgan fingerprint density at radius 1 is 1.03 bits per heavy atom. The summed E-state index contributed by atoms with van der Waals surface area (Å²) in [7, 11) is 0. The number of hydrogen-bond acceptors (Lipinski definition) is 5. The number of hydrogen-bond donors (Lipinski definition) is 1. The highest BCUT2D eigenvalue weighted by Crippen LogP contribution is 2.26. The summed E-state index contributed by atoms with van der Waals surface area (Å²) in [5.41, 5.74) is 1.06. The standard InChI is InChI=1S/C25H24N4O2S/c1-2-15-29-23(17-31-22-14-8-12-20-11-6-7-13-21(20)22)27-28-25(29)32-18-24(30)26-16-19-9-4-3-5-10-19/h2-14H,1,15-18H2,(H,26,30). The third-order valence-corrected chi connectivity index (χ3v) is 5.84. The second-order valence-electron chi connectivity index (χ2n) is 7.12. The fraction of sp³-hybridized carbons (Fsp3) is 0.160. The summed E-state index contributed by atoms with van der Waals surface area (Å²) in [4.78, 5) is 12.3. The molecule has 0 radical (unpaired) electrons. The Hall–Kier alpha value is -3.58. The molecule has 0 saturated carbocycles. The molecule has 1 heterocycles. The van der Waals surface area contributed by atoms with E-state index in [2.05, 4.69) is 34.2 Å². The number of allylic oxidation sites excluding steroid dienone is 1. The molecule has 4 rings (SSSR count). The molecule has 4 aromatic rings. The number of fused-ring (bicyclic) bond motifs is 1. The van der Waals surface area contributed by atoms with Crippen LogP contribution in [0.15, 0.2) is 90.6 Å². The number of nitrogens with zero attached hydrogens (tertiary/aromatic N) is 3. The Balaban J connectivity index is 1.38. The van der Waals surface area contributed by atoms with E-state index in [1.807, 2.05) is 65.2 Å². The molecule has 0 aliphatic heterocycles. The second kappa shape index (κ2) is 10.6. The average molecular weight is 445 g/mol. The van der Waals surface area contributed by atoms with E-state index in [1.54, 1.807) is 6.08 Å². The lowest BCUT2D eigenvalue weighted by Crippen LogP contribution is -2.24. The molecule has 6 nitrogen and oxygen atoms in total. The highest BCUT2D eigenvalue weighted by molar-refractivity contribution is 7.99. The van der Waals surface area contributed by atoms with E-state index < -0.39 is 0 Å². The number of benzene rings is 3. The fourth-order valence-electron chi connectivity index (χ4n) is 3.29. The van der Waals surface area contributed by atoms with Crippen LogP contribution in [-0.4, -0.2) is 26.4 Å². The number of thioether (sulfide) groups is 1. The summed E-state index contributed by atoms with van der Waals surface area (Å²) in [5, 5.41) is 14.3. The molecule has 0 aliphatic carbocycles. The summed E-state index contributed by atoms with van der Waals surface area (Å²) >= 11 is 1.35. The van der Waals surface area contributed by atoms with Crippen molar-refractivity contribution in [2.75, 3.05) is 5.75 Å². The normalized spacial score (nSPS) is 10.8. The van der Waals surface area contributed by atoms with Gasteiger partial charge in [-0.25, -0.2) is 0 Å². The van der Waals surface area contributed by atoms with Crippen molar-refractivity contribution >= 4 is 28.4 Å². The molecule has 162 valence electrons. The maximum Gasteiger partial charge on any atom is 0.230 e. The van der Waals surface area contributed by atoms with Crippen LogP contribution in [0.5, 0.6) is 5.75 Å². The third kappa shape index (κ3) is 5.36. The maximum atomic E-state index is 12.3. The first-order valence-electron chi connectivity index (χ1n) is 10.3. The molecule has 32 heavy (non-hydrogen) atoms. The van der Waals surface area contributed by atoms with Gasteiger partial charge < -0.3 is 10.1 Å². The van der Waals surface area contributed by atoms with E-state index in [4.69, 9.17) is 4.74 Å². The lowest BCUT2D eigenvalue weighted by atomic mass is 10.1. The first kappa shape index (κ1) is 21.6. The monoisotopic (exact) mass is 444 g/mol. The molecular weight excluding hydrogens is 420 g/mol. The van der Waals surface area contributed by atoms with Crippen LogP contribution in [0.2, 0.25) is 0 Å². The van der Waals surface area contributed by atoms with Crippen molar-refractivity contribution in [1.29, 1.82) is 0 Å². The zero-order valence-electron chi connectivity index (χ0n) is 17.6. The van der Waals surface area contributed by atoms with Gasteiger partial charge in [0, 0.05) is 18.5 Å². The quantitative estimate of drug-likeness (QED) is 0.286. The summed E-state index contributed by atoms with van der Waals surface area (Å²) in [6.07, 6.45) is 1.78. The average Bonchev–Trinajstić information content (AvgIpc) is 3.22. The zero-order valence-corrected chi connectivity index (χ0v) is 18.4. The van der Waals surface area contributed by atoms with Crippen molar-refractivity contribution in [3.63, 3.8) is 0 Å². The van der Waals surface area contributed by atoms with Gasteiger partial charge in [0.2, 0.25) is 5.91 Å². The SMILES string of the molecule is C=CCn1c(COc2cccc3ccccc23)nnc1SCC(=O)NCc1ccccc1. The first-order chi connectivity index (χ1) is 15.7. The molecule has 7 heteroatoms. The first-order valence-corrected chi connectivity index (χ1v) is 11.3. The van der Waals surface area contributed by atoms with Crippen LogP contribution in [0.4, 0.5) is 0 Å². The van der Waals surface area contributed by atoms with Crippen LogP contribution in [0.1, 0.15) is 11.4 Å². The predicted octanol–water partition coefficient (Wildman–Crippen LogP) is 4.60. The summed E-state index contributed by atoms with van der Waals surface area (Å²) in [5.74, 6) is 1.68. The third-order valence-electron chi connectivity index (χ3n) is 4.88. The molecule has 1 N–H and O–H groups in total. The van der Waals surface area contributed by atoms with E-state index in [1.165, 1.54) is 11.8 Å². The number of rotatable bonds is 10. The van der Waals surface area contributed by atoms with Crippen molar-refractivity contribution in [3.05, 3.63) is 96.8 Å². The minimum Gasteiger partial charge on any atom is -0.485 e. The topological polar surface area (TPSA) is 69.0 Å². The summed E-state index contributed by atoms with van der Waals surface area (Å²) in [6.45, 7) is 5.14. The van der Waals surface area contributed by atoms with Crippen molar-refractivity contribution in [2.45, 2.75) is 24.9 Å². The Kier molecular flexibility index (Phi) is 7.19. The lowest BCUT2D eigenvalue weighted by molar-refractivity contribution is -0.118. The Labute approximate surface area is 191 Å². The number of carbonyl (C=O) groups excluding carboxylic acids is 1. The van der Waals surface area contributed by atoms with Gasteiger partial charge in [-0.05, 0) is 17.0 Å². The highest BCUT2D eigenvalue weighted by Gasteiger charge is 2.14. The number of nitrogens with one attached hydrogen (secondary N) is 1. The van der Waals surface area contributed by atoms with Crippen LogP contribution in [0.25, 0.3) is 10.8 Å². The van der Waals surface area contributed by atoms with Gasteiger partial charge in [-0.1, -0.05) is 84.6 Å². The van der Waals surface area contributed by atoms with Crippen LogP contribution >= 0.6 is 11.8 Å². The minimum atomic E-state index is -0.0550. The van der Waals surface area contributed by atoms with Crippen molar-refractivity contribution in [1.82, 2.24) is 20.1 Å². The predicted molar refractivity (Wildman–Crippen MR) is 128 cm³/mol. The van der Waals surface area contributed by atoms with Crippen molar-refractivity contribution in [3.8, 4) is 5.75 Å². The van der Waals surface area contributed by atoms with E-state index in [0.29, 0.717) is 24.1 Å². The number of carbonyl (C=O) groups is 1. The summed E-state index contributed by atoms with van der Waals surface area (Å²) in [6, 6.07) is 23.9. The van der Waals surface area contributed by atoms with Gasteiger partial charge in [-0.3, -0.25) is 9.36 Å². The Morgan fingerprint density at radius 3 is 2.66 bits per heavy atom. The van der Waals surface area contributed by atoms with E-state index in [0.717, 1.165) is 22.1 Å². The zero-order chi connectivity index (χ0) is 22.2. The van der Waals surface area contributed by atoms with Gasteiger partial charge in [-0.2, -0.15) is 0 Å². The van der Waals surface area contributed by atoms with Crippen LogP contribution in [-0.2, 0) is 24.5 Å². The molecule has 1 aromatic heterocycles. The number of ether oxygens (including phenoxy) is 1. The minimum absolute atomic E-state index is 0.0550. The molecule has 0 unspecified atom stereocenters. The molecule has 0 atom stereocenters. The Bertz CT molecular complexity index is 1200. The van der Waals surface area contributed by atoms with E-state index >= 15 is 0 Å². The number of aromatic nitrogens is 3. The molecule has 0 saturated heterocycles. The van der Waals surface area contributed by atoms with E-state index in [-0.39, 0.29) is 18.3 Å². The second-order valence-corrected chi connectivity index (χ2v) is 8.06. The smallest absolute Gasteiger partial charge is 0.230 e. The van der Waals surface area contributed by atoms with Gasteiger partial charge in [0.15, 0.2) is 11.0 Å². The largest absolute Gasteiger partial charge is 0.485 e. The maximum absolute atomic E-state index is 12.3. The molecule has 0 spiro atoms. The molecule has 0 aliphatic rings. The van der Waals surface area contributed by atoms with Crippen molar-refractivity contribution < 1.29 is 9.53 Å². The van der Waals surface area contributed by atoms with Gasteiger partial charge in [0.05, 0.1) is 5.75 Å². The molecule has 1 amide bonds. The van der Waals surface area contributed by atoms with Crippen LogP contribution < -0.4 is 10.1 Å². The Morgan fingerprint density at radius 2 is 1.81 bits per heavy atom. The highest BCUT2D eigenvalue weighted by atomic mass is 32.2. The molecule has 0 fully saturated rings. The lowest BCUT2D eigenvalue weighted by Gasteiger charge is -2.11. The van der Waals surface area contributed by atoms with Crippen LogP contribution in [0.3, 0.4) is 0 Å². The summed E-state index contributed by atoms with van der Waals surface area (Å²) < 4.78 is 8.00. The van der Waals surface area contributed by atoms with E-state index in [9.17, 15) is 4.79 Å². The molecular formula is C25H24N4O2S. The van der Waals surface area contributed by atoms with Crippen molar-refractivity contribution in [2.24, 2.45) is 0 Å². The molecule has 0 bridgehead atoms. The number of amides is 1. The van der Waals surface area contributed by atoms with Gasteiger partial charge >= 0.3 is 0 Å². The molecule has 3 aromatic carbocycles. The van der Waals surface area contributed by atoms with Gasteiger partial charge in [0.25, 0.3) is 0 Å². The van der Waals surface area contributed by atoms with Crippen LogP contribution in [0, 0.1) is 0 Å². The van der Waals surface area contributed by atoms with Gasteiger partial charge in [0.1, 0.15) is 12.4 Å². The fourth-order valence-corrected chi connectivity index (χ4v) is 4.08.